The van der Waals surface area contributed by atoms with Gasteiger partial charge in [-0.2, -0.15) is 10.1 Å². The van der Waals surface area contributed by atoms with Crippen molar-refractivity contribution in [3.63, 3.8) is 0 Å². The number of fused-ring (bicyclic) bond motifs is 1. The van der Waals surface area contributed by atoms with Crippen molar-refractivity contribution in [1.29, 1.82) is 0 Å². The van der Waals surface area contributed by atoms with Gasteiger partial charge >= 0.3 is 0 Å². The van der Waals surface area contributed by atoms with Gasteiger partial charge in [0.15, 0.2) is 0 Å². The summed E-state index contributed by atoms with van der Waals surface area (Å²) in [6.45, 7) is 2.05. The average molecular weight is 343 g/mol. The quantitative estimate of drug-likeness (QED) is 0.744. The first kappa shape index (κ1) is 15.1. The molecular formula is C18H16ClFN4. The number of nitrogens with zero attached hydrogens (tertiary/aromatic N) is 3. The van der Waals surface area contributed by atoms with Crippen molar-refractivity contribution in [2.24, 2.45) is 0 Å². The van der Waals surface area contributed by atoms with E-state index in [4.69, 9.17) is 11.6 Å². The van der Waals surface area contributed by atoms with Gasteiger partial charge in [-0.1, -0.05) is 47.5 Å². The maximum atomic E-state index is 14.5. The normalized spacial score (nSPS) is 19.6. The molecule has 0 aliphatic carbocycles. The lowest BCUT2D eigenvalue weighted by Gasteiger charge is -2.32. The Labute approximate surface area is 144 Å². The second-order valence-corrected chi connectivity index (χ2v) is 6.43. The molecule has 2 atom stereocenters. The van der Waals surface area contributed by atoms with Crippen LogP contribution in [0.1, 0.15) is 35.2 Å². The summed E-state index contributed by atoms with van der Waals surface area (Å²) in [6.07, 6.45) is 2.11. The molecule has 2 aromatic carbocycles. The van der Waals surface area contributed by atoms with Crippen molar-refractivity contribution in [2.75, 3.05) is 5.32 Å². The van der Waals surface area contributed by atoms with E-state index in [0.717, 1.165) is 5.56 Å². The molecule has 1 aliphatic heterocycles. The Morgan fingerprint density at radius 2 is 2.00 bits per heavy atom. The van der Waals surface area contributed by atoms with E-state index in [-0.39, 0.29) is 17.9 Å². The minimum absolute atomic E-state index is 0.0166. The van der Waals surface area contributed by atoms with Crippen molar-refractivity contribution < 1.29 is 4.39 Å². The average Bonchev–Trinajstić information content (AvgIpc) is 3.04. The Kier molecular flexibility index (Phi) is 3.73. The van der Waals surface area contributed by atoms with Crippen molar-refractivity contribution in [1.82, 2.24) is 14.8 Å². The molecule has 1 aromatic heterocycles. The number of anilines is 1. The zero-order valence-corrected chi connectivity index (χ0v) is 13.8. The van der Waals surface area contributed by atoms with Crippen LogP contribution in [0.3, 0.4) is 0 Å². The Morgan fingerprint density at radius 1 is 1.21 bits per heavy atom. The van der Waals surface area contributed by atoms with Crippen LogP contribution in [0.25, 0.3) is 0 Å². The van der Waals surface area contributed by atoms with Crippen LogP contribution in [0.5, 0.6) is 0 Å². The van der Waals surface area contributed by atoms with Gasteiger partial charge in [-0.05, 0) is 31.0 Å². The summed E-state index contributed by atoms with van der Waals surface area (Å²) in [6, 6.07) is 12.8. The van der Waals surface area contributed by atoms with E-state index in [0.29, 0.717) is 23.0 Å². The molecule has 0 saturated heterocycles. The van der Waals surface area contributed by atoms with Gasteiger partial charge in [-0.15, -0.1) is 0 Å². The largest absolute Gasteiger partial charge is 0.348 e. The van der Waals surface area contributed by atoms with Gasteiger partial charge in [0.25, 0.3) is 0 Å². The van der Waals surface area contributed by atoms with E-state index in [9.17, 15) is 4.39 Å². The summed E-state index contributed by atoms with van der Waals surface area (Å²) >= 11 is 6.29. The van der Waals surface area contributed by atoms with Crippen molar-refractivity contribution in [3.05, 3.63) is 76.3 Å². The fraction of sp³-hybridized carbons (Fsp3) is 0.222. The number of benzene rings is 2. The Hall–Kier alpha value is -2.40. The van der Waals surface area contributed by atoms with Gasteiger partial charge < -0.3 is 5.32 Å². The molecule has 0 saturated carbocycles. The molecule has 1 aliphatic rings. The van der Waals surface area contributed by atoms with Gasteiger partial charge in [-0.25, -0.2) is 9.07 Å². The molecule has 3 aromatic rings. The Balaban J connectivity index is 1.78. The third-order valence-corrected chi connectivity index (χ3v) is 4.77. The highest BCUT2D eigenvalue weighted by atomic mass is 35.5. The number of aromatic nitrogens is 3. The monoisotopic (exact) mass is 342 g/mol. The highest BCUT2D eigenvalue weighted by Crippen LogP contribution is 2.40. The lowest BCUT2D eigenvalue weighted by Crippen LogP contribution is -2.28. The highest BCUT2D eigenvalue weighted by molar-refractivity contribution is 6.31. The van der Waals surface area contributed by atoms with Crippen molar-refractivity contribution >= 4 is 17.5 Å². The standard InChI is InChI=1S/C18H16ClFN4/c1-11-5-7-12(8-6-11)15-9-16(24-18(23-15)21-10-22-24)17-13(19)3-2-4-14(17)20/h2-8,10,15-16H,9H2,1H3,(H,21,22,23). The first-order chi connectivity index (χ1) is 11.6. The number of nitrogens with one attached hydrogen (secondary N) is 1. The van der Waals surface area contributed by atoms with Crippen LogP contribution in [-0.2, 0) is 0 Å². The first-order valence-electron chi connectivity index (χ1n) is 7.80. The van der Waals surface area contributed by atoms with Gasteiger partial charge in [0, 0.05) is 10.6 Å². The molecule has 4 nitrogen and oxygen atoms in total. The van der Waals surface area contributed by atoms with Crippen LogP contribution in [-0.4, -0.2) is 14.8 Å². The molecule has 0 fully saturated rings. The van der Waals surface area contributed by atoms with E-state index in [1.54, 1.807) is 16.8 Å². The first-order valence-corrected chi connectivity index (χ1v) is 8.18. The zero-order chi connectivity index (χ0) is 16.7. The van der Waals surface area contributed by atoms with Gasteiger partial charge in [-0.3, -0.25) is 0 Å². The van der Waals surface area contributed by atoms with E-state index in [1.807, 2.05) is 0 Å². The Morgan fingerprint density at radius 3 is 2.75 bits per heavy atom. The molecule has 2 unspecified atom stereocenters. The second-order valence-electron chi connectivity index (χ2n) is 6.02. The lowest BCUT2D eigenvalue weighted by molar-refractivity contribution is 0.416. The molecule has 0 radical (unpaired) electrons. The van der Waals surface area contributed by atoms with Crippen molar-refractivity contribution in [2.45, 2.75) is 25.4 Å². The predicted octanol–water partition coefficient (Wildman–Crippen LogP) is 4.53. The molecule has 2 heterocycles. The summed E-state index contributed by atoms with van der Waals surface area (Å²) in [5.74, 6) is 0.301. The van der Waals surface area contributed by atoms with Crippen LogP contribution >= 0.6 is 11.6 Å². The number of aryl methyl sites for hydroxylation is 1. The SMILES string of the molecule is Cc1ccc(C2CC(c3c(F)cccc3Cl)n3ncnc3N2)cc1. The van der Waals surface area contributed by atoms with Gasteiger partial charge in [0.1, 0.15) is 12.1 Å². The molecule has 6 heteroatoms. The maximum absolute atomic E-state index is 14.5. The molecule has 0 spiro atoms. The summed E-state index contributed by atoms with van der Waals surface area (Å²) in [4.78, 5) is 4.26. The minimum atomic E-state index is -0.321. The molecule has 1 N–H and O–H groups in total. The van der Waals surface area contributed by atoms with Crippen molar-refractivity contribution in [3.8, 4) is 0 Å². The molecule has 122 valence electrons. The van der Waals surface area contributed by atoms with Crippen LogP contribution in [0.2, 0.25) is 5.02 Å². The summed E-state index contributed by atoms with van der Waals surface area (Å²) in [5.41, 5.74) is 2.79. The summed E-state index contributed by atoms with van der Waals surface area (Å²) < 4.78 is 16.2. The maximum Gasteiger partial charge on any atom is 0.222 e. The fourth-order valence-electron chi connectivity index (χ4n) is 3.21. The topological polar surface area (TPSA) is 42.7 Å². The fourth-order valence-corrected chi connectivity index (χ4v) is 3.50. The minimum Gasteiger partial charge on any atom is -0.348 e. The number of rotatable bonds is 2. The third-order valence-electron chi connectivity index (χ3n) is 4.44. The number of hydrogen-bond donors (Lipinski definition) is 1. The predicted molar refractivity (Wildman–Crippen MR) is 91.7 cm³/mol. The Bertz CT molecular complexity index is 855. The number of hydrogen-bond acceptors (Lipinski definition) is 3. The zero-order valence-electron chi connectivity index (χ0n) is 13.1. The van der Waals surface area contributed by atoms with Crippen LogP contribution in [0.4, 0.5) is 10.3 Å². The molecule has 0 bridgehead atoms. The molecule has 24 heavy (non-hydrogen) atoms. The van der Waals surface area contributed by atoms with E-state index in [1.165, 1.54) is 18.0 Å². The second kappa shape index (κ2) is 5.91. The molecule has 4 rings (SSSR count). The smallest absolute Gasteiger partial charge is 0.222 e. The highest BCUT2D eigenvalue weighted by Gasteiger charge is 2.32. The van der Waals surface area contributed by atoms with E-state index in [2.05, 4.69) is 46.6 Å². The van der Waals surface area contributed by atoms with Crippen LogP contribution in [0, 0.1) is 12.7 Å². The number of halogens is 2. The summed E-state index contributed by atoms with van der Waals surface area (Å²) in [7, 11) is 0. The third kappa shape index (κ3) is 2.55. The molecular weight excluding hydrogens is 327 g/mol. The molecule has 0 amide bonds. The van der Waals surface area contributed by atoms with Gasteiger partial charge in [0.05, 0.1) is 12.1 Å². The van der Waals surface area contributed by atoms with Crippen LogP contribution < -0.4 is 5.32 Å². The lowest BCUT2D eigenvalue weighted by atomic mass is 9.92. The van der Waals surface area contributed by atoms with E-state index >= 15 is 0 Å². The van der Waals surface area contributed by atoms with E-state index < -0.39 is 0 Å². The van der Waals surface area contributed by atoms with Crippen LogP contribution in [0.15, 0.2) is 48.8 Å². The summed E-state index contributed by atoms with van der Waals surface area (Å²) in [5, 5.41) is 8.04. The van der Waals surface area contributed by atoms with Gasteiger partial charge in [0.2, 0.25) is 5.95 Å².